The van der Waals surface area contributed by atoms with Crippen LogP contribution in [0.15, 0.2) is 64.4 Å². The number of carbonyl (C=O) groups excluding carboxylic acids is 1. The Morgan fingerprint density at radius 1 is 1.03 bits per heavy atom. The fourth-order valence-electron chi connectivity index (χ4n) is 3.77. The van der Waals surface area contributed by atoms with Crippen molar-refractivity contribution in [2.45, 2.75) is 6.54 Å². The minimum absolute atomic E-state index is 0.179. The molecule has 1 aromatic carbocycles. The molecule has 2 aliphatic heterocycles. The summed E-state index contributed by atoms with van der Waals surface area (Å²) in [6.07, 6.45) is 3.38. The van der Waals surface area contributed by atoms with Crippen LogP contribution in [0.1, 0.15) is 11.1 Å². The summed E-state index contributed by atoms with van der Waals surface area (Å²) in [6, 6.07) is 15.2. The summed E-state index contributed by atoms with van der Waals surface area (Å²) in [5, 5.41) is 0. The predicted octanol–water partition coefficient (Wildman–Crippen LogP) is 3.65. The number of benzene rings is 1. The number of aromatic nitrogens is 2. The minimum Gasteiger partial charge on any atom is -0.354 e. The molecule has 9 heteroatoms. The van der Waals surface area contributed by atoms with Gasteiger partial charge in [-0.25, -0.2) is 4.98 Å². The third-order valence-corrected chi connectivity index (χ3v) is 7.71. The van der Waals surface area contributed by atoms with Gasteiger partial charge in [-0.15, -0.1) is 0 Å². The number of pyridine rings is 1. The van der Waals surface area contributed by atoms with E-state index in [2.05, 4.69) is 4.90 Å². The molecule has 0 radical (unpaired) electrons. The van der Waals surface area contributed by atoms with E-state index in [1.54, 1.807) is 23.2 Å². The second-order valence-corrected chi connectivity index (χ2v) is 10.3. The average Bonchev–Trinajstić information content (AvgIpc) is 3.09. The van der Waals surface area contributed by atoms with Gasteiger partial charge in [0, 0.05) is 30.8 Å². The standard InChI is InChI=1S/C23H20N4O2S3/c28-21-17(14-18-22(29)27(23(30)32-18)15-16-6-2-1-3-7-16)20(25-10-12-31-13-11-25)24-19-8-4-5-9-26(19)21/h1-9,14H,10-13,15H2. The van der Waals surface area contributed by atoms with Crippen LogP contribution in [0, 0.1) is 0 Å². The van der Waals surface area contributed by atoms with Crippen LogP contribution in [0.3, 0.4) is 0 Å². The molecule has 0 bridgehead atoms. The molecule has 2 fully saturated rings. The van der Waals surface area contributed by atoms with Gasteiger partial charge in [0.2, 0.25) is 0 Å². The summed E-state index contributed by atoms with van der Waals surface area (Å²) in [4.78, 5) is 35.6. The monoisotopic (exact) mass is 480 g/mol. The Labute approximate surface area is 199 Å². The largest absolute Gasteiger partial charge is 0.354 e. The number of rotatable bonds is 4. The van der Waals surface area contributed by atoms with Crippen molar-refractivity contribution >= 4 is 63.5 Å². The SMILES string of the molecule is O=C1C(=Cc2c(N3CCSCC3)nc3ccccn3c2=O)SC(=S)N1Cc1ccccc1. The molecule has 4 heterocycles. The molecule has 0 N–H and O–H groups in total. The fraction of sp³-hybridized carbons (Fsp3) is 0.217. The maximum atomic E-state index is 13.4. The Kier molecular flexibility index (Phi) is 6.03. The summed E-state index contributed by atoms with van der Waals surface area (Å²) in [5.74, 6) is 2.42. The molecule has 0 spiro atoms. The molecule has 0 aliphatic carbocycles. The molecule has 0 unspecified atom stereocenters. The smallest absolute Gasteiger partial charge is 0.267 e. The lowest BCUT2D eigenvalue weighted by atomic mass is 10.2. The van der Waals surface area contributed by atoms with E-state index in [9.17, 15) is 9.59 Å². The van der Waals surface area contributed by atoms with Crippen molar-refractivity contribution in [1.29, 1.82) is 0 Å². The van der Waals surface area contributed by atoms with Gasteiger partial charge in [0.05, 0.1) is 17.0 Å². The Balaban J connectivity index is 1.56. The van der Waals surface area contributed by atoms with E-state index in [0.717, 1.165) is 30.2 Å². The zero-order valence-electron chi connectivity index (χ0n) is 17.1. The van der Waals surface area contributed by atoms with E-state index in [-0.39, 0.29) is 11.5 Å². The second kappa shape index (κ2) is 9.09. The van der Waals surface area contributed by atoms with Gasteiger partial charge in [0.1, 0.15) is 15.8 Å². The highest BCUT2D eigenvalue weighted by molar-refractivity contribution is 8.26. The lowest BCUT2D eigenvalue weighted by Crippen LogP contribution is -2.35. The Hall–Kier alpha value is -2.62. The molecule has 2 aliphatic rings. The lowest BCUT2D eigenvalue weighted by molar-refractivity contribution is -0.122. The summed E-state index contributed by atoms with van der Waals surface area (Å²) < 4.78 is 2.02. The van der Waals surface area contributed by atoms with Crippen molar-refractivity contribution < 1.29 is 4.79 Å². The molecule has 2 saturated heterocycles. The molecule has 162 valence electrons. The Morgan fingerprint density at radius 3 is 2.56 bits per heavy atom. The molecule has 2 aromatic heterocycles. The van der Waals surface area contributed by atoms with Gasteiger partial charge in [0.15, 0.2) is 0 Å². The summed E-state index contributed by atoms with van der Waals surface area (Å²) >= 11 is 8.62. The van der Waals surface area contributed by atoms with Gasteiger partial charge in [-0.2, -0.15) is 11.8 Å². The van der Waals surface area contributed by atoms with Gasteiger partial charge >= 0.3 is 0 Å². The highest BCUT2D eigenvalue weighted by atomic mass is 32.2. The first-order chi connectivity index (χ1) is 15.6. The zero-order chi connectivity index (χ0) is 22.1. The lowest BCUT2D eigenvalue weighted by Gasteiger charge is -2.28. The van der Waals surface area contributed by atoms with E-state index in [4.69, 9.17) is 17.2 Å². The van der Waals surface area contributed by atoms with Gasteiger partial charge in [-0.3, -0.25) is 18.9 Å². The molecule has 0 atom stereocenters. The molecular weight excluding hydrogens is 460 g/mol. The molecule has 32 heavy (non-hydrogen) atoms. The van der Waals surface area contributed by atoms with Crippen LogP contribution in [0.2, 0.25) is 0 Å². The molecule has 0 saturated carbocycles. The third-order valence-electron chi connectivity index (χ3n) is 5.39. The van der Waals surface area contributed by atoms with Crippen LogP contribution < -0.4 is 10.5 Å². The predicted molar refractivity (Wildman–Crippen MR) is 136 cm³/mol. The van der Waals surface area contributed by atoms with E-state index in [1.165, 1.54) is 16.2 Å². The van der Waals surface area contributed by atoms with Crippen LogP contribution in [0.4, 0.5) is 5.82 Å². The van der Waals surface area contributed by atoms with E-state index < -0.39 is 0 Å². The van der Waals surface area contributed by atoms with Crippen LogP contribution in [-0.4, -0.2) is 49.1 Å². The van der Waals surface area contributed by atoms with Crippen molar-refractivity contribution in [3.8, 4) is 0 Å². The van der Waals surface area contributed by atoms with Crippen molar-refractivity contribution in [3.63, 3.8) is 0 Å². The Morgan fingerprint density at radius 2 is 1.78 bits per heavy atom. The van der Waals surface area contributed by atoms with Crippen molar-refractivity contribution in [2.75, 3.05) is 29.5 Å². The topological polar surface area (TPSA) is 57.9 Å². The molecule has 1 amide bonds. The second-order valence-electron chi connectivity index (χ2n) is 7.44. The van der Waals surface area contributed by atoms with Crippen LogP contribution >= 0.6 is 35.7 Å². The number of carbonyl (C=O) groups is 1. The van der Waals surface area contributed by atoms with Crippen LogP contribution in [0.25, 0.3) is 11.7 Å². The molecular formula is C23H20N4O2S3. The highest BCUT2D eigenvalue weighted by Gasteiger charge is 2.33. The van der Waals surface area contributed by atoms with Gasteiger partial charge in [-0.05, 0) is 23.8 Å². The first kappa shape index (κ1) is 21.2. The van der Waals surface area contributed by atoms with E-state index in [1.807, 2.05) is 54.2 Å². The maximum absolute atomic E-state index is 13.4. The Bertz CT molecular complexity index is 1280. The number of nitrogens with zero attached hydrogens (tertiary/aromatic N) is 4. The first-order valence-corrected chi connectivity index (χ1v) is 12.6. The molecule has 3 aromatic rings. The quantitative estimate of drug-likeness (QED) is 0.417. The number of thiocarbonyl (C=S) groups is 1. The number of hydrogen-bond acceptors (Lipinski definition) is 7. The summed E-state index contributed by atoms with van der Waals surface area (Å²) in [7, 11) is 0. The van der Waals surface area contributed by atoms with Crippen molar-refractivity contribution in [2.24, 2.45) is 0 Å². The number of fused-ring (bicyclic) bond motifs is 1. The third kappa shape index (κ3) is 4.07. The van der Waals surface area contributed by atoms with E-state index in [0.29, 0.717) is 32.8 Å². The fourth-order valence-corrected chi connectivity index (χ4v) is 5.91. The number of thioether (sulfide) groups is 2. The summed E-state index contributed by atoms with van der Waals surface area (Å²) in [5.41, 5.74) is 1.85. The van der Waals surface area contributed by atoms with E-state index >= 15 is 0 Å². The van der Waals surface area contributed by atoms with Crippen LogP contribution in [0.5, 0.6) is 0 Å². The average molecular weight is 481 g/mol. The maximum Gasteiger partial charge on any atom is 0.267 e. The molecule has 5 rings (SSSR count). The van der Waals surface area contributed by atoms with Gasteiger partial charge in [-0.1, -0.05) is 60.4 Å². The van der Waals surface area contributed by atoms with Crippen LogP contribution in [-0.2, 0) is 11.3 Å². The first-order valence-electron chi connectivity index (χ1n) is 10.3. The van der Waals surface area contributed by atoms with Gasteiger partial charge < -0.3 is 4.90 Å². The highest BCUT2D eigenvalue weighted by Crippen LogP contribution is 2.34. The number of anilines is 1. The molecule has 6 nitrogen and oxygen atoms in total. The van der Waals surface area contributed by atoms with Gasteiger partial charge in [0.25, 0.3) is 11.5 Å². The number of hydrogen-bond donors (Lipinski definition) is 0. The van der Waals surface area contributed by atoms with Crippen molar-refractivity contribution in [3.05, 3.63) is 81.1 Å². The van der Waals surface area contributed by atoms with Crippen molar-refractivity contribution in [1.82, 2.24) is 14.3 Å². The number of amides is 1. The summed E-state index contributed by atoms with van der Waals surface area (Å²) in [6.45, 7) is 2.04. The minimum atomic E-state index is -0.183. The normalized spacial score (nSPS) is 18.2. The zero-order valence-corrected chi connectivity index (χ0v) is 19.6.